The first kappa shape index (κ1) is 14.0. The van der Waals surface area contributed by atoms with Gasteiger partial charge in [-0.05, 0) is 18.1 Å². The van der Waals surface area contributed by atoms with Crippen molar-refractivity contribution in [1.82, 2.24) is 10.3 Å². The third kappa shape index (κ3) is 3.44. The summed E-state index contributed by atoms with van der Waals surface area (Å²) >= 11 is 0. The molecule has 0 saturated carbocycles. The van der Waals surface area contributed by atoms with Gasteiger partial charge in [0.25, 0.3) is 5.91 Å². The quantitative estimate of drug-likeness (QED) is 0.725. The van der Waals surface area contributed by atoms with Crippen molar-refractivity contribution in [2.75, 3.05) is 12.4 Å². The van der Waals surface area contributed by atoms with Crippen molar-refractivity contribution in [2.24, 2.45) is 5.92 Å². The van der Waals surface area contributed by atoms with E-state index in [-0.39, 0.29) is 17.5 Å². The van der Waals surface area contributed by atoms with Gasteiger partial charge < -0.3 is 15.7 Å². The molecule has 0 aliphatic rings. The standard InChI is InChI=1S/C12H17N3O3/c1-7(2)10(12(17)18)15-8-4-5-14-9(6-8)11(16)13-3/h4-7,10H,1-3H3,(H,13,16)(H,14,15)(H,17,18). The highest BCUT2D eigenvalue weighted by Gasteiger charge is 2.21. The molecule has 1 aromatic heterocycles. The van der Waals surface area contributed by atoms with Crippen LogP contribution in [0.1, 0.15) is 24.3 Å². The first-order chi connectivity index (χ1) is 8.45. The van der Waals surface area contributed by atoms with Gasteiger partial charge in [-0.3, -0.25) is 9.78 Å². The highest BCUT2D eigenvalue weighted by Crippen LogP contribution is 2.13. The largest absolute Gasteiger partial charge is 0.480 e. The van der Waals surface area contributed by atoms with Gasteiger partial charge >= 0.3 is 5.97 Å². The van der Waals surface area contributed by atoms with Crippen molar-refractivity contribution in [3.05, 3.63) is 24.0 Å². The summed E-state index contributed by atoms with van der Waals surface area (Å²) < 4.78 is 0. The van der Waals surface area contributed by atoms with Crippen molar-refractivity contribution >= 4 is 17.6 Å². The number of aliphatic carboxylic acids is 1. The van der Waals surface area contributed by atoms with Gasteiger partial charge in [-0.1, -0.05) is 13.8 Å². The maximum absolute atomic E-state index is 11.4. The Kier molecular flexibility index (Phi) is 4.65. The fourth-order valence-corrected chi connectivity index (χ4v) is 1.47. The normalized spacial score (nSPS) is 12.0. The van der Waals surface area contributed by atoms with Crippen molar-refractivity contribution < 1.29 is 14.7 Å². The van der Waals surface area contributed by atoms with E-state index in [1.807, 2.05) is 13.8 Å². The molecular formula is C12H17N3O3. The average molecular weight is 251 g/mol. The Hall–Kier alpha value is -2.11. The summed E-state index contributed by atoms with van der Waals surface area (Å²) in [6.45, 7) is 3.62. The summed E-state index contributed by atoms with van der Waals surface area (Å²) in [5.41, 5.74) is 0.806. The van der Waals surface area contributed by atoms with E-state index in [0.717, 1.165) is 0 Å². The minimum Gasteiger partial charge on any atom is -0.480 e. The maximum Gasteiger partial charge on any atom is 0.326 e. The van der Waals surface area contributed by atoms with E-state index in [4.69, 9.17) is 5.11 Å². The van der Waals surface area contributed by atoms with Gasteiger partial charge in [-0.15, -0.1) is 0 Å². The number of aromatic nitrogens is 1. The van der Waals surface area contributed by atoms with E-state index in [2.05, 4.69) is 15.6 Å². The molecule has 0 radical (unpaired) electrons. The number of hydrogen-bond acceptors (Lipinski definition) is 4. The van der Waals surface area contributed by atoms with Crippen LogP contribution in [0.2, 0.25) is 0 Å². The van der Waals surface area contributed by atoms with Crippen molar-refractivity contribution in [3.8, 4) is 0 Å². The van der Waals surface area contributed by atoms with Crippen LogP contribution in [-0.4, -0.2) is 35.1 Å². The third-order valence-corrected chi connectivity index (χ3v) is 2.47. The first-order valence-corrected chi connectivity index (χ1v) is 5.63. The second-order valence-electron chi connectivity index (χ2n) is 4.21. The lowest BCUT2D eigenvalue weighted by Gasteiger charge is -2.19. The lowest BCUT2D eigenvalue weighted by atomic mass is 10.0. The first-order valence-electron chi connectivity index (χ1n) is 5.63. The number of nitrogens with one attached hydrogen (secondary N) is 2. The molecule has 1 aromatic rings. The predicted octanol–water partition coefficient (Wildman–Crippen LogP) is 0.962. The fourth-order valence-electron chi connectivity index (χ4n) is 1.47. The van der Waals surface area contributed by atoms with Crippen molar-refractivity contribution in [2.45, 2.75) is 19.9 Å². The Labute approximate surface area is 105 Å². The Morgan fingerprint density at radius 3 is 2.56 bits per heavy atom. The Morgan fingerprint density at radius 2 is 2.06 bits per heavy atom. The third-order valence-electron chi connectivity index (χ3n) is 2.47. The SMILES string of the molecule is CNC(=O)c1cc(NC(C(=O)O)C(C)C)ccn1. The number of carbonyl (C=O) groups excluding carboxylic acids is 1. The fraction of sp³-hybridized carbons (Fsp3) is 0.417. The van der Waals surface area contributed by atoms with Crippen LogP contribution in [0.4, 0.5) is 5.69 Å². The molecule has 18 heavy (non-hydrogen) atoms. The zero-order valence-corrected chi connectivity index (χ0v) is 10.6. The molecule has 1 amide bonds. The van der Waals surface area contributed by atoms with Crippen LogP contribution in [0.25, 0.3) is 0 Å². The Morgan fingerprint density at radius 1 is 1.39 bits per heavy atom. The van der Waals surface area contributed by atoms with E-state index in [0.29, 0.717) is 5.69 Å². The van der Waals surface area contributed by atoms with Crippen LogP contribution in [0.3, 0.4) is 0 Å². The van der Waals surface area contributed by atoms with Gasteiger partial charge in [0.2, 0.25) is 0 Å². The minimum atomic E-state index is -0.927. The van der Waals surface area contributed by atoms with E-state index in [9.17, 15) is 9.59 Å². The number of carboxylic acids is 1. The van der Waals surface area contributed by atoms with Crippen LogP contribution in [0.5, 0.6) is 0 Å². The number of amides is 1. The van der Waals surface area contributed by atoms with Gasteiger partial charge in [-0.2, -0.15) is 0 Å². The molecule has 98 valence electrons. The molecule has 0 aliphatic heterocycles. The molecule has 6 nitrogen and oxygen atoms in total. The van der Waals surface area contributed by atoms with Crippen molar-refractivity contribution in [3.63, 3.8) is 0 Å². The number of hydrogen-bond donors (Lipinski definition) is 3. The summed E-state index contributed by atoms with van der Waals surface area (Å²) in [5.74, 6) is -1.31. The molecule has 0 saturated heterocycles. The van der Waals surface area contributed by atoms with Crippen LogP contribution >= 0.6 is 0 Å². The highest BCUT2D eigenvalue weighted by molar-refractivity contribution is 5.93. The predicted molar refractivity (Wildman–Crippen MR) is 67.5 cm³/mol. The van der Waals surface area contributed by atoms with Crippen LogP contribution in [0, 0.1) is 5.92 Å². The number of pyridine rings is 1. The topological polar surface area (TPSA) is 91.3 Å². The maximum atomic E-state index is 11.4. The summed E-state index contributed by atoms with van der Waals surface area (Å²) in [6, 6.07) is 2.45. The lowest BCUT2D eigenvalue weighted by molar-refractivity contribution is -0.138. The second kappa shape index (κ2) is 6.00. The molecule has 1 unspecified atom stereocenters. The molecule has 1 rings (SSSR count). The van der Waals surface area contributed by atoms with Gasteiger partial charge in [0.05, 0.1) is 0 Å². The molecule has 0 spiro atoms. The van der Waals surface area contributed by atoms with Gasteiger partial charge in [0, 0.05) is 18.9 Å². The molecule has 0 fully saturated rings. The summed E-state index contributed by atoms with van der Waals surface area (Å²) in [7, 11) is 1.51. The molecule has 6 heteroatoms. The summed E-state index contributed by atoms with van der Waals surface area (Å²) in [6.07, 6.45) is 1.46. The lowest BCUT2D eigenvalue weighted by Crippen LogP contribution is -2.34. The van der Waals surface area contributed by atoms with E-state index < -0.39 is 12.0 Å². The van der Waals surface area contributed by atoms with E-state index in [1.54, 1.807) is 6.07 Å². The number of nitrogens with zero attached hydrogens (tertiary/aromatic N) is 1. The van der Waals surface area contributed by atoms with Crippen LogP contribution < -0.4 is 10.6 Å². The summed E-state index contributed by atoms with van der Waals surface area (Å²) in [5, 5.41) is 14.4. The molecule has 3 N–H and O–H groups in total. The van der Waals surface area contributed by atoms with Gasteiger partial charge in [0.15, 0.2) is 0 Å². The smallest absolute Gasteiger partial charge is 0.326 e. The van der Waals surface area contributed by atoms with Crippen molar-refractivity contribution in [1.29, 1.82) is 0 Å². The van der Waals surface area contributed by atoms with E-state index in [1.165, 1.54) is 19.3 Å². The molecule has 1 atom stereocenters. The average Bonchev–Trinajstić information content (AvgIpc) is 2.34. The summed E-state index contributed by atoms with van der Waals surface area (Å²) in [4.78, 5) is 26.4. The number of carbonyl (C=O) groups is 2. The second-order valence-corrected chi connectivity index (χ2v) is 4.21. The highest BCUT2D eigenvalue weighted by atomic mass is 16.4. The van der Waals surface area contributed by atoms with Gasteiger partial charge in [-0.25, -0.2) is 4.79 Å². The number of anilines is 1. The Balaban J connectivity index is 2.90. The molecule has 1 heterocycles. The number of carboxylic acid groups (broad SMARTS) is 1. The molecule has 0 aromatic carbocycles. The molecular weight excluding hydrogens is 234 g/mol. The minimum absolute atomic E-state index is 0.0703. The molecule has 0 bridgehead atoms. The van der Waals surface area contributed by atoms with E-state index >= 15 is 0 Å². The monoisotopic (exact) mass is 251 g/mol. The molecule has 0 aliphatic carbocycles. The van der Waals surface area contributed by atoms with Crippen LogP contribution in [-0.2, 0) is 4.79 Å². The zero-order chi connectivity index (χ0) is 13.7. The van der Waals surface area contributed by atoms with Gasteiger partial charge in [0.1, 0.15) is 11.7 Å². The number of rotatable bonds is 5. The zero-order valence-electron chi connectivity index (χ0n) is 10.6. The van der Waals surface area contributed by atoms with Crippen LogP contribution in [0.15, 0.2) is 18.3 Å². The Bertz CT molecular complexity index is 446.